The van der Waals surface area contributed by atoms with Crippen LogP contribution in [0.5, 0.6) is 17.2 Å². The van der Waals surface area contributed by atoms with Crippen LogP contribution < -0.4 is 15.3 Å². The molecule has 12 bridgehead atoms. The second-order valence-corrected chi connectivity index (χ2v) is 26.3. The van der Waals surface area contributed by atoms with E-state index in [4.69, 9.17) is 0 Å². The molecule has 12 aliphatic carbocycles. The molecule has 12 saturated carbocycles. The fraction of sp³-hybridized carbons (Fsp3) is 0.619. The van der Waals surface area contributed by atoms with Crippen molar-refractivity contribution in [2.45, 2.75) is 193 Å². The summed E-state index contributed by atoms with van der Waals surface area (Å²) in [7, 11) is 0. The Bertz CT molecular complexity index is 2270. The van der Waals surface area contributed by atoms with E-state index in [2.05, 4.69) is 77.9 Å². The molecule has 0 atom stereocenters. The van der Waals surface area contributed by atoms with Gasteiger partial charge in [-0.05, 0) is 296 Å². The van der Waals surface area contributed by atoms with E-state index in [0.717, 1.165) is 86.6 Å². The van der Waals surface area contributed by atoms with Gasteiger partial charge in [-0.3, -0.25) is 0 Å². The Labute approximate surface area is 433 Å². The van der Waals surface area contributed by atoms with E-state index in [1.54, 1.807) is 0 Å². The van der Waals surface area contributed by atoms with Crippen LogP contribution in [-0.2, 0) is 35.5 Å². The Kier molecular flexibility index (Phi) is 11.1. The van der Waals surface area contributed by atoms with Crippen LogP contribution in [-0.4, -0.2) is 0 Å². The minimum Gasteiger partial charge on any atom is -0.872 e. The van der Waals surface area contributed by atoms with Crippen molar-refractivity contribution in [3.63, 3.8) is 0 Å². The molecule has 4 aromatic carbocycles. The summed E-state index contributed by atoms with van der Waals surface area (Å²) in [4.78, 5) is 0. The van der Waals surface area contributed by atoms with Gasteiger partial charge in [-0.1, -0.05) is 69.8 Å². The first-order valence-corrected chi connectivity index (χ1v) is 27.2. The molecular weight excluding hydrogens is 967 g/mol. The van der Waals surface area contributed by atoms with Gasteiger partial charge in [-0.15, -0.1) is 17.2 Å². The van der Waals surface area contributed by atoms with E-state index in [1.165, 1.54) is 166 Å². The van der Waals surface area contributed by atoms with Crippen molar-refractivity contribution in [1.29, 1.82) is 0 Å². The van der Waals surface area contributed by atoms with E-state index in [0.29, 0.717) is 19.3 Å². The van der Waals surface area contributed by atoms with Crippen LogP contribution in [0.25, 0.3) is 0 Å². The van der Waals surface area contributed by atoms with Crippen LogP contribution in [0.3, 0.4) is 0 Å². The quantitative estimate of drug-likeness (QED) is 0.168. The van der Waals surface area contributed by atoms with Crippen LogP contribution in [0.4, 0.5) is 0 Å². The Morgan fingerprint density at radius 2 is 0.537 bits per heavy atom. The molecule has 0 unspecified atom stereocenters. The molecule has 0 N–H and O–H groups in total. The fourth-order valence-corrected chi connectivity index (χ4v) is 20.2. The molecule has 0 aliphatic heterocycles. The fourth-order valence-electron chi connectivity index (χ4n) is 20.2. The minimum absolute atomic E-state index is 0. The standard InChI is InChI=1S/C63H78O3.Dy/c1-34-7-49(58(64)55(10-34)61-25-40-13-41(26-61)15-42(14-40)27-61)22-52-37(4)53(23-50-8-35(2)11-56(59(50)65)62-28-43-16-44(29-62)18-45(17-43)30-62)39(6)54(38(52)5)24-51-9-36(3)12-57(60(51)66)63-31-46-19-47(32-63)21-48(20-46)33-63;/h7-12,40-48,64-66H,13-33H2,1-6H3;/q;+3/p-3. The van der Waals surface area contributed by atoms with Crippen molar-refractivity contribution in [2.24, 2.45) is 53.3 Å². The molecule has 0 aromatic heterocycles. The third kappa shape index (κ3) is 7.39. The summed E-state index contributed by atoms with van der Waals surface area (Å²) in [6.45, 7) is 13.5. The Morgan fingerprint density at radius 3 is 0.731 bits per heavy atom. The maximum atomic E-state index is 15.2. The van der Waals surface area contributed by atoms with Gasteiger partial charge in [0.2, 0.25) is 0 Å². The molecule has 3 nitrogen and oxygen atoms in total. The third-order valence-electron chi connectivity index (χ3n) is 21.6. The largest absolute Gasteiger partial charge is 3.00 e. The van der Waals surface area contributed by atoms with Crippen LogP contribution in [0.15, 0.2) is 36.4 Å². The van der Waals surface area contributed by atoms with Crippen molar-refractivity contribution in [2.75, 3.05) is 0 Å². The van der Waals surface area contributed by atoms with Crippen LogP contribution in [0.1, 0.15) is 199 Å². The molecule has 4 aromatic rings. The van der Waals surface area contributed by atoms with Gasteiger partial charge in [0, 0.05) is 0 Å². The summed E-state index contributed by atoms with van der Waals surface area (Å²) in [5.41, 5.74) is 17.2. The predicted molar refractivity (Wildman–Crippen MR) is 260 cm³/mol. The summed E-state index contributed by atoms with van der Waals surface area (Å²) in [5.74, 6) is 7.84. The SMILES string of the molecule is Cc1cc(Cc2c(C)c(Cc3cc(C)cc(C45CC6CC(CC(C6)C4)C5)c3[O-])c(C)c(Cc3cc(C)cc(C45CC6CC(CC(C6)C4)C5)c3[O-])c2C)c([O-])c(C23CC4CC(CC(C4)C2)C3)c1.[Dy+3]. The average Bonchev–Trinajstić information content (AvgIpc) is 3.24. The van der Waals surface area contributed by atoms with E-state index < -0.39 is 0 Å². The van der Waals surface area contributed by atoms with E-state index in [9.17, 15) is 0 Å². The molecule has 4 heteroatoms. The van der Waals surface area contributed by atoms with Gasteiger partial charge in [0.25, 0.3) is 0 Å². The first-order chi connectivity index (χ1) is 31.6. The molecule has 0 spiro atoms. The Balaban J connectivity index is 0.00000468. The smallest absolute Gasteiger partial charge is 0.872 e. The molecule has 12 aliphatic rings. The number of aryl methyl sites for hydroxylation is 3. The summed E-state index contributed by atoms with van der Waals surface area (Å²) in [6, 6.07) is 13.5. The maximum Gasteiger partial charge on any atom is 3.00 e. The Morgan fingerprint density at radius 1 is 0.343 bits per heavy atom. The molecule has 355 valence electrons. The zero-order valence-corrected chi connectivity index (χ0v) is 43.6. The summed E-state index contributed by atoms with van der Waals surface area (Å²) in [5, 5.41) is 45.5. The second-order valence-electron chi connectivity index (χ2n) is 26.3. The normalized spacial score (nSPS) is 36.0. The second kappa shape index (κ2) is 16.3. The van der Waals surface area contributed by atoms with Gasteiger partial charge >= 0.3 is 38.2 Å². The van der Waals surface area contributed by atoms with Crippen LogP contribution >= 0.6 is 0 Å². The maximum absolute atomic E-state index is 15.2. The molecule has 67 heavy (non-hydrogen) atoms. The minimum atomic E-state index is 0. The monoisotopic (exact) mass is 1040 g/mol. The van der Waals surface area contributed by atoms with E-state index >= 15 is 15.3 Å². The molecule has 0 amide bonds. The van der Waals surface area contributed by atoms with Crippen molar-refractivity contribution < 1.29 is 53.5 Å². The first kappa shape index (κ1) is 45.7. The number of hydrogen-bond acceptors (Lipinski definition) is 3. The molecule has 12 fully saturated rings. The predicted octanol–water partition coefficient (Wildman–Crippen LogP) is 12.9. The van der Waals surface area contributed by atoms with Crippen molar-refractivity contribution in [3.8, 4) is 17.2 Å². The number of rotatable bonds is 9. The molecule has 0 heterocycles. The van der Waals surface area contributed by atoms with Gasteiger partial charge in [0.15, 0.2) is 0 Å². The molecule has 1 radical (unpaired) electrons. The zero-order chi connectivity index (χ0) is 45.2. The van der Waals surface area contributed by atoms with Gasteiger partial charge in [0.05, 0.1) is 0 Å². The van der Waals surface area contributed by atoms with Crippen molar-refractivity contribution in [1.82, 2.24) is 0 Å². The van der Waals surface area contributed by atoms with Gasteiger partial charge in [-0.25, -0.2) is 0 Å². The van der Waals surface area contributed by atoms with Crippen LogP contribution in [0.2, 0.25) is 0 Å². The van der Waals surface area contributed by atoms with Crippen LogP contribution in [0, 0.1) is 133 Å². The molecule has 16 rings (SSSR count). The summed E-state index contributed by atoms with van der Waals surface area (Å²) >= 11 is 0. The third-order valence-corrected chi connectivity index (χ3v) is 21.6. The van der Waals surface area contributed by atoms with Gasteiger partial charge in [-0.2, -0.15) is 0 Å². The summed E-state index contributed by atoms with van der Waals surface area (Å²) in [6.07, 6.45) is 24.7. The molecular formula is C63H75DyO3. The topological polar surface area (TPSA) is 69.2 Å². The Hall–Kier alpha value is -2.45. The van der Waals surface area contributed by atoms with E-state index in [1.807, 2.05) is 0 Å². The van der Waals surface area contributed by atoms with Gasteiger partial charge in [0.1, 0.15) is 0 Å². The van der Waals surface area contributed by atoms with Crippen molar-refractivity contribution in [3.05, 3.63) is 120 Å². The first-order valence-electron chi connectivity index (χ1n) is 27.2. The molecule has 0 saturated heterocycles. The summed E-state index contributed by atoms with van der Waals surface area (Å²) < 4.78 is 0. The van der Waals surface area contributed by atoms with Crippen molar-refractivity contribution >= 4 is 0 Å². The zero-order valence-electron chi connectivity index (χ0n) is 41.6. The van der Waals surface area contributed by atoms with Gasteiger partial charge < -0.3 is 15.3 Å². The number of hydrogen-bond donors (Lipinski definition) is 0. The van der Waals surface area contributed by atoms with E-state index in [-0.39, 0.29) is 71.7 Å². The average molecular weight is 1040 g/mol. The number of benzene rings is 4.